The molecule has 0 bridgehead atoms. The van der Waals surface area contributed by atoms with Crippen LogP contribution in [0, 0.1) is 5.92 Å². The Hall–Kier alpha value is -1.10. The SMILES string of the molecule is NC(=O)C1CCN(N2CCCCC2=O)CC1. The fourth-order valence-electron chi connectivity index (χ4n) is 2.48. The lowest BCUT2D eigenvalue weighted by atomic mass is 9.97. The van der Waals surface area contributed by atoms with Crippen molar-refractivity contribution in [2.24, 2.45) is 11.7 Å². The zero-order valence-corrected chi connectivity index (χ0v) is 9.52. The van der Waals surface area contributed by atoms with Gasteiger partial charge in [0.1, 0.15) is 0 Å². The van der Waals surface area contributed by atoms with Gasteiger partial charge < -0.3 is 5.73 Å². The first-order valence-electron chi connectivity index (χ1n) is 6.03. The number of rotatable bonds is 2. The summed E-state index contributed by atoms with van der Waals surface area (Å²) in [6.07, 6.45) is 4.31. The summed E-state index contributed by atoms with van der Waals surface area (Å²) in [6, 6.07) is 0. The summed E-state index contributed by atoms with van der Waals surface area (Å²) in [5.74, 6) is 0.0181. The average Bonchev–Trinajstić information content (AvgIpc) is 2.30. The molecule has 2 saturated heterocycles. The molecule has 2 rings (SSSR count). The van der Waals surface area contributed by atoms with Crippen molar-refractivity contribution in [2.45, 2.75) is 32.1 Å². The number of carbonyl (C=O) groups is 2. The molecule has 0 spiro atoms. The minimum Gasteiger partial charge on any atom is -0.369 e. The van der Waals surface area contributed by atoms with Crippen molar-refractivity contribution >= 4 is 11.8 Å². The summed E-state index contributed by atoms with van der Waals surface area (Å²) >= 11 is 0. The molecule has 16 heavy (non-hydrogen) atoms. The molecule has 2 fully saturated rings. The maximum atomic E-state index is 11.7. The van der Waals surface area contributed by atoms with E-state index in [0.717, 1.165) is 45.3 Å². The Bertz CT molecular complexity index is 285. The summed E-state index contributed by atoms with van der Waals surface area (Å²) in [5, 5.41) is 3.95. The Kier molecular flexibility index (Phi) is 3.43. The lowest BCUT2D eigenvalue weighted by Gasteiger charge is -2.40. The van der Waals surface area contributed by atoms with E-state index in [9.17, 15) is 9.59 Å². The minimum absolute atomic E-state index is 0.00357. The van der Waals surface area contributed by atoms with E-state index in [1.165, 1.54) is 0 Å². The van der Waals surface area contributed by atoms with Gasteiger partial charge in [-0.3, -0.25) is 14.6 Å². The maximum absolute atomic E-state index is 11.7. The molecule has 5 heteroatoms. The summed E-state index contributed by atoms with van der Waals surface area (Å²) in [6.45, 7) is 2.39. The van der Waals surface area contributed by atoms with Gasteiger partial charge in [0, 0.05) is 32.0 Å². The number of piperidine rings is 2. The number of primary amides is 1. The second-order valence-corrected chi connectivity index (χ2v) is 4.60. The van der Waals surface area contributed by atoms with Gasteiger partial charge in [-0.25, -0.2) is 5.01 Å². The van der Waals surface area contributed by atoms with Crippen molar-refractivity contribution in [1.29, 1.82) is 0 Å². The van der Waals surface area contributed by atoms with E-state index in [1.807, 2.05) is 5.01 Å². The van der Waals surface area contributed by atoms with Crippen LogP contribution in [0.4, 0.5) is 0 Å². The summed E-state index contributed by atoms with van der Waals surface area (Å²) in [5.41, 5.74) is 5.28. The molecule has 0 aromatic carbocycles. The molecule has 2 aliphatic heterocycles. The maximum Gasteiger partial charge on any atom is 0.236 e. The smallest absolute Gasteiger partial charge is 0.236 e. The number of nitrogens with zero attached hydrogens (tertiary/aromatic N) is 2. The van der Waals surface area contributed by atoms with Crippen LogP contribution < -0.4 is 5.73 Å². The molecule has 0 radical (unpaired) electrons. The number of carbonyl (C=O) groups excluding carboxylic acids is 2. The second-order valence-electron chi connectivity index (χ2n) is 4.60. The van der Waals surface area contributed by atoms with Crippen molar-refractivity contribution in [1.82, 2.24) is 10.0 Å². The van der Waals surface area contributed by atoms with Gasteiger partial charge in [0.05, 0.1) is 0 Å². The van der Waals surface area contributed by atoms with Crippen LogP contribution >= 0.6 is 0 Å². The van der Waals surface area contributed by atoms with Gasteiger partial charge >= 0.3 is 0 Å². The van der Waals surface area contributed by atoms with Crippen molar-refractivity contribution in [3.63, 3.8) is 0 Å². The molecule has 2 N–H and O–H groups in total. The summed E-state index contributed by atoms with van der Waals surface area (Å²) < 4.78 is 0. The van der Waals surface area contributed by atoms with Crippen molar-refractivity contribution < 1.29 is 9.59 Å². The fourth-order valence-corrected chi connectivity index (χ4v) is 2.48. The predicted molar refractivity (Wildman–Crippen MR) is 59.1 cm³/mol. The van der Waals surface area contributed by atoms with Gasteiger partial charge in [-0.2, -0.15) is 0 Å². The highest BCUT2D eigenvalue weighted by Gasteiger charge is 2.29. The highest BCUT2D eigenvalue weighted by molar-refractivity contribution is 5.77. The van der Waals surface area contributed by atoms with E-state index in [4.69, 9.17) is 5.73 Å². The Balaban J connectivity index is 1.88. The molecule has 0 aromatic rings. The number of nitrogens with two attached hydrogens (primary N) is 1. The van der Waals surface area contributed by atoms with Gasteiger partial charge in [0.15, 0.2) is 0 Å². The predicted octanol–water partition coefficient (Wildman–Crippen LogP) is 0.111. The first-order valence-corrected chi connectivity index (χ1v) is 6.03. The van der Waals surface area contributed by atoms with E-state index in [0.29, 0.717) is 6.42 Å². The molecule has 0 aromatic heterocycles. The normalized spacial score (nSPS) is 24.8. The van der Waals surface area contributed by atoms with Crippen LogP contribution in [0.15, 0.2) is 0 Å². The van der Waals surface area contributed by atoms with Crippen molar-refractivity contribution in [3.8, 4) is 0 Å². The van der Waals surface area contributed by atoms with Gasteiger partial charge in [0.2, 0.25) is 11.8 Å². The van der Waals surface area contributed by atoms with E-state index in [-0.39, 0.29) is 17.7 Å². The fraction of sp³-hybridized carbons (Fsp3) is 0.818. The first-order chi connectivity index (χ1) is 7.68. The molecule has 2 aliphatic rings. The molecule has 2 heterocycles. The van der Waals surface area contributed by atoms with E-state index in [1.54, 1.807) is 0 Å². The molecule has 0 saturated carbocycles. The van der Waals surface area contributed by atoms with Crippen LogP contribution in [-0.2, 0) is 9.59 Å². The van der Waals surface area contributed by atoms with E-state index in [2.05, 4.69) is 5.01 Å². The van der Waals surface area contributed by atoms with Crippen LogP contribution in [-0.4, -0.2) is 41.5 Å². The second kappa shape index (κ2) is 4.82. The standard InChI is InChI=1S/C11H19N3O2/c12-11(16)9-4-7-13(8-5-9)14-6-2-1-3-10(14)15/h9H,1-8H2,(H2,12,16). The van der Waals surface area contributed by atoms with Gasteiger partial charge in [-0.1, -0.05) is 0 Å². The largest absolute Gasteiger partial charge is 0.369 e. The Labute approximate surface area is 95.5 Å². The topological polar surface area (TPSA) is 66.6 Å². The van der Waals surface area contributed by atoms with Crippen LogP contribution in [0.3, 0.4) is 0 Å². The number of hydrogen-bond acceptors (Lipinski definition) is 3. The Morgan fingerprint density at radius 2 is 1.88 bits per heavy atom. The van der Waals surface area contributed by atoms with Crippen molar-refractivity contribution in [2.75, 3.05) is 19.6 Å². The third-order valence-electron chi connectivity index (χ3n) is 3.51. The summed E-state index contributed by atoms with van der Waals surface area (Å²) in [7, 11) is 0. The highest BCUT2D eigenvalue weighted by atomic mass is 16.2. The van der Waals surface area contributed by atoms with Crippen LogP contribution in [0.25, 0.3) is 0 Å². The highest BCUT2D eigenvalue weighted by Crippen LogP contribution is 2.21. The summed E-state index contributed by atoms with van der Waals surface area (Å²) in [4.78, 5) is 22.7. The number of hydrazine groups is 1. The van der Waals surface area contributed by atoms with Gasteiger partial charge in [-0.15, -0.1) is 0 Å². The van der Waals surface area contributed by atoms with Gasteiger partial charge in [0.25, 0.3) is 0 Å². The molecule has 0 unspecified atom stereocenters. The molecule has 5 nitrogen and oxygen atoms in total. The zero-order valence-electron chi connectivity index (χ0n) is 9.52. The van der Waals surface area contributed by atoms with E-state index < -0.39 is 0 Å². The molecular weight excluding hydrogens is 206 g/mol. The lowest BCUT2D eigenvalue weighted by Crippen LogP contribution is -2.52. The Morgan fingerprint density at radius 1 is 1.19 bits per heavy atom. The monoisotopic (exact) mass is 225 g/mol. The molecule has 0 atom stereocenters. The molecular formula is C11H19N3O2. The molecule has 0 aliphatic carbocycles. The van der Waals surface area contributed by atoms with Crippen LogP contribution in [0.5, 0.6) is 0 Å². The third-order valence-corrected chi connectivity index (χ3v) is 3.51. The van der Waals surface area contributed by atoms with E-state index >= 15 is 0 Å². The molecule has 2 amide bonds. The Morgan fingerprint density at radius 3 is 2.44 bits per heavy atom. The van der Waals surface area contributed by atoms with Crippen molar-refractivity contribution in [3.05, 3.63) is 0 Å². The quantitative estimate of drug-likeness (QED) is 0.725. The average molecular weight is 225 g/mol. The number of amides is 2. The zero-order chi connectivity index (χ0) is 11.5. The van der Waals surface area contributed by atoms with Gasteiger partial charge in [-0.05, 0) is 25.7 Å². The molecule has 90 valence electrons. The minimum atomic E-state index is -0.204. The lowest BCUT2D eigenvalue weighted by molar-refractivity contribution is -0.156. The van der Waals surface area contributed by atoms with Crippen LogP contribution in [0.1, 0.15) is 32.1 Å². The first kappa shape index (κ1) is 11.4. The number of hydrogen-bond donors (Lipinski definition) is 1. The third kappa shape index (κ3) is 2.35. The van der Waals surface area contributed by atoms with Crippen LogP contribution in [0.2, 0.25) is 0 Å².